The molecule has 0 spiro atoms. The topological polar surface area (TPSA) is 26.3 Å². The molecule has 0 aliphatic heterocycles. The first-order valence-electron chi connectivity index (χ1n) is 3.04. The number of rotatable bonds is 2. The molecule has 0 radical (unpaired) electrons. The van der Waals surface area contributed by atoms with Crippen molar-refractivity contribution in [1.29, 1.82) is 0 Å². The summed E-state index contributed by atoms with van der Waals surface area (Å²) in [6, 6.07) is 1.80. The summed E-state index contributed by atoms with van der Waals surface area (Å²) in [6.45, 7) is 0. The van der Waals surface area contributed by atoms with Gasteiger partial charge >= 0.3 is 5.97 Å². The van der Waals surface area contributed by atoms with Crippen LogP contribution in [0, 0.1) is 0 Å². The number of thiophene rings is 1. The van der Waals surface area contributed by atoms with Crippen molar-refractivity contribution >= 4 is 29.9 Å². The molecule has 0 atom stereocenters. The van der Waals surface area contributed by atoms with Gasteiger partial charge < -0.3 is 4.74 Å². The van der Waals surface area contributed by atoms with Gasteiger partial charge in [-0.2, -0.15) is 12.6 Å². The summed E-state index contributed by atoms with van der Waals surface area (Å²) in [6.07, 6.45) is 0. The molecule has 11 heavy (non-hydrogen) atoms. The van der Waals surface area contributed by atoms with Gasteiger partial charge in [0.1, 0.15) is 0 Å². The van der Waals surface area contributed by atoms with Crippen molar-refractivity contribution in [3.8, 4) is 0 Å². The maximum atomic E-state index is 10.9. The van der Waals surface area contributed by atoms with Crippen LogP contribution in [0.3, 0.4) is 0 Å². The molecule has 1 heterocycles. The van der Waals surface area contributed by atoms with Gasteiger partial charge in [-0.1, -0.05) is 0 Å². The quantitative estimate of drug-likeness (QED) is 0.567. The van der Waals surface area contributed by atoms with E-state index in [2.05, 4.69) is 17.4 Å². The van der Waals surface area contributed by atoms with E-state index in [-0.39, 0.29) is 5.97 Å². The van der Waals surface area contributed by atoms with Crippen LogP contribution in [0.5, 0.6) is 0 Å². The second-order valence-electron chi connectivity index (χ2n) is 1.95. The fraction of sp³-hybridized carbons (Fsp3) is 0.286. The van der Waals surface area contributed by atoms with E-state index in [0.717, 1.165) is 4.88 Å². The van der Waals surface area contributed by atoms with Crippen LogP contribution in [0.25, 0.3) is 0 Å². The van der Waals surface area contributed by atoms with Crippen molar-refractivity contribution in [2.45, 2.75) is 5.75 Å². The molecule has 60 valence electrons. The molecule has 2 nitrogen and oxygen atoms in total. The maximum Gasteiger partial charge on any atom is 0.338 e. The largest absolute Gasteiger partial charge is 0.465 e. The average molecular weight is 188 g/mol. The van der Waals surface area contributed by atoms with E-state index >= 15 is 0 Å². The molecule has 1 aromatic rings. The van der Waals surface area contributed by atoms with E-state index in [1.165, 1.54) is 18.4 Å². The van der Waals surface area contributed by atoms with E-state index in [4.69, 9.17) is 0 Å². The SMILES string of the molecule is COC(=O)c1csc(CS)c1. The molecular formula is C7H8O2S2. The van der Waals surface area contributed by atoms with Crippen LogP contribution in [-0.2, 0) is 10.5 Å². The van der Waals surface area contributed by atoms with E-state index in [0.29, 0.717) is 11.3 Å². The standard InChI is InChI=1S/C7H8O2S2/c1-9-7(8)5-2-6(3-10)11-4-5/h2,4,10H,3H2,1H3. The number of hydrogen-bond donors (Lipinski definition) is 1. The van der Waals surface area contributed by atoms with Gasteiger partial charge in [-0.3, -0.25) is 0 Å². The lowest BCUT2D eigenvalue weighted by Crippen LogP contribution is -1.98. The number of thiol groups is 1. The molecule has 4 heteroatoms. The predicted molar refractivity (Wildman–Crippen MR) is 48.3 cm³/mol. The Morgan fingerprint density at radius 2 is 2.55 bits per heavy atom. The van der Waals surface area contributed by atoms with Crippen LogP contribution >= 0.6 is 24.0 Å². The van der Waals surface area contributed by atoms with E-state index in [9.17, 15) is 4.79 Å². The van der Waals surface area contributed by atoms with Crippen LogP contribution in [0.4, 0.5) is 0 Å². The summed E-state index contributed by atoms with van der Waals surface area (Å²) >= 11 is 5.60. The third kappa shape index (κ3) is 1.97. The Morgan fingerprint density at radius 1 is 1.82 bits per heavy atom. The monoisotopic (exact) mass is 188 g/mol. The summed E-state index contributed by atoms with van der Waals surface area (Å²) < 4.78 is 4.54. The Morgan fingerprint density at radius 3 is 3.00 bits per heavy atom. The zero-order chi connectivity index (χ0) is 8.27. The molecule has 0 bridgehead atoms. The number of hydrogen-bond acceptors (Lipinski definition) is 4. The highest BCUT2D eigenvalue weighted by Crippen LogP contribution is 2.16. The van der Waals surface area contributed by atoms with Crippen LogP contribution in [-0.4, -0.2) is 13.1 Å². The van der Waals surface area contributed by atoms with Crippen molar-refractivity contribution in [3.05, 3.63) is 21.9 Å². The highest BCUT2D eigenvalue weighted by molar-refractivity contribution is 7.79. The van der Waals surface area contributed by atoms with Gasteiger partial charge in [-0.15, -0.1) is 11.3 Å². The molecular weight excluding hydrogens is 180 g/mol. The van der Waals surface area contributed by atoms with Crippen molar-refractivity contribution in [3.63, 3.8) is 0 Å². The minimum atomic E-state index is -0.283. The van der Waals surface area contributed by atoms with Crippen LogP contribution in [0.15, 0.2) is 11.4 Å². The fourth-order valence-corrected chi connectivity index (χ4v) is 1.72. The lowest BCUT2D eigenvalue weighted by Gasteiger charge is -1.91. The second kappa shape index (κ2) is 3.78. The Labute approximate surface area is 74.6 Å². The van der Waals surface area contributed by atoms with Gasteiger partial charge in [0.05, 0.1) is 12.7 Å². The maximum absolute atomic E-state index is 10.9. The van der Waals surface area contributed by atoms with Crippen LogP contribution in [0.1, 0.15) is 15.2 Å². The lowest BCUT2D eigenvalue weighted by atomic mass is 10.3. The van der Waals surface area contributed by atoms with Crippen molar-refractivity contribution in [2.24, 2.45) is 0 Å². The molecule has 1 rings (SSSR count). The molecule has 0 unspecified atom stereocenters. The summed E-state index contributed by atoms with van der Waals surface area (Å²) in [4.78, 5) is 12.0. The molecule has 0 saturated carbocycles. The number of ether oxygens (including phenoxy) is 1. The van der Waals surface area contributed by atoms with E-state index in [1.807, 2.05) is 0 Å². The predicted octanol–water partition coefficient (Wildman–Crippen LogP) is 1.96. The number of methoxy groups -OCH3 is 1. The number of carbonyl (C=O) groups is 1. The normalized spacial score (nSPS) is 9.64. The zero-order valence-electron chi connectivity index (χ0n) is 6.03. The van der Waals surface area contributed by atoms with Gasteiger partial charge in [-0.05, 0) is 6.07 Å². The van der Waals surface area contributed by atoms with Gasteiger partial charge in [0.15, 0.2) is 0 Å². The Bertz CT molecular complexity index is 255. The first-order chi connectivity index (χ1) is 5.27. The first-order valence-corrected chi connectivity index (χ1v) is 4.55. The van der Waals surface area contributed by atoms with Crippen LogP contribution < -0.4 is 0 Å². The molecule has 0 aromatic carbocycles. The minimum Gasteiger partial charge on any atom is -0.465 e. The molecule has 0 amide bonds. The van der Waals surface area contributed by atoms with Crippen molar-refractivity contribution in [1.82, 2.24) is 0 Å². The van der Waals surface area contributed by atoms with Gasteiger partial charge in [-0.25, -0.2) is 4.79 Å². The lowest BCUT2D eigenvalue weighted by molar-refractivity contribution is 0.0601. The third-order valence-corrected chi connectivity index (χ3v) is 2.72. The summed E-state index contributed by atoms with van der Waals surface area (Å²) in [7, 11) is 1.38. The zero-order valence-corrected chi connectivity index (χ0v) is 7.74. The van der Waals surface area contributed by atoms with Crippen molar-refractivity contribution < 1.29 is 9.53 Å². The van der Waals surface area contributed by atoms with Crippen molar-refractivity contribution in [2.75, 3.05) is 7.11 Å². The van der Waals surface area contributed by atoms with Gasteiger partial charge in [0, 0.05) is 16.0 Å². The molecule has 0 saturated heterocycles. The third-order valence-electron chi connectivity index (χ3n) is 1.23. The number of esters is 1. The Kier molecular flexibility index (Phi) is 2.96. The molecule has 0 fully saturated rings. The summed E-state index contributed by atoms with van der Waals surface area (Å²) in [5.41, 5.74) is 0.613. The highest BCUT2D eigenvalue weighted by Gasteiger charge is 2.06. The van der Waals surface area contributed by atoms with E-state index < -0.39 is 0 Å². The fourth-order valence-electron chi connectivity index (χ4n) is 0.688. The Hall–Kier alpha value is -0.480. The average Bonchev–Trinajstić information content (AvgIpc) is 2.50. The molecule has 0 aliphatic carbocycles. The van der Waals surface area contributed by atoms with Gasteiger partial charge in [0.25, 0.3) is 0 Å². The molecule has 0 N–H and O–H groups in total. The minimum absolute atomic E-state index is 0.283. The first kappa shape index (κ1) is 8.62. The van der Waals surface area contributed by atoms with Crippen LogP contribution in [0.2, 0.25) is 0 Å². The number of carbonyl (C=O) groups excluding carboxylic acids is 1. The Balaban J connectivity index is 2.80. The molecule has 0 aliphatic rings. The highest BCUT2D eigenvalue weighted by atomic mass is 32.1. The molecule has 1 aromatic heterocycles. The van der Waals surface area contributed by atoms with E-state index in [1.54, 1.807) is 11.4 Å². The summed E-state index contributed by atoms with van der Waals surface area (Å²) in [5.74, 6) is 0.385. The second-order valence-corrected chi connectivity index (χ2v) is 3.26. The smallest absolute Gasteiger partial charge is 0.338 e. The summed E-state index contributed by atoms with van der Waals surface area (Å²) in [5, 5.41) is 1.78. The van der Waals surface area contributed by atoms with Gasteiger partial charge in [0.2, 0.25) is 0 Å².